The van der Waals surface area contributed by atoms with Crippen LogP contribution in [0.2, 0.25) is 0 Å². The quantitative estimate of drug-likeness (QED) is 0.511. The minimum absolute atomic E-state index is 0.0431. The third kappa shape index (κ3) is 4.74. The van der Waals surface area contributed by atoms with Crippen molar-refractivity contribution in [3.8, 4) is 0 Å². The lowest BCUT2D eigenvalue weighted by Crippen LogP contribution is -2.33. The molecular formula is C25H30N2O4. The Kier molecular flexibility index (Phi) is 6.56. The molecule has 0 unspecified atom stereocenters. The van der Waals surface area contributed by atoms with Crippen molar-refractivity contribution in [1.29, 1.82) is 0 Å². The van der Waals surface area contributed by atoms with Crippen LogP contribution < -0.4 is 0 Å². The molecule has 2 aromatic carbocycles. The molecule has 2 atom stereocenters. The first kappa shape index (κ1) is 21.4. The number of aromatic nitrogens is 1. The zero-order chi connectivity index (χ0) is 21.8. The highest BCUT2D eigenvalue weighted by Crippen LogP contribution is 2.29. The number of para-hydroxylation sites is 2. The number of carbonyl (C=O) groups is 2. The maximum absolute atomic E-state index is 12.1. The zero-order valence-corrected chi connectivity index (χ0v) is 18.3. The largest absolute Gasteiger partial charge is 0.466 e. The van der Waals surface area contributed by atoms with Crippen LogP contribution in [0.4, 0.5) is 0 Å². The maximum Gasteiger partial charge on any atom is 0.307 e. The minimum atomic E-state index is -0.271. The van der Waals surface area contributed by atoms with E-state index in [1.165, 1.54) is 28.7 Å². The monoisotopic (exact) mass is 422 g/mol. The maximum atomic E-state index is 12.1. The standard InChI is InChI=1S/C25H30N2O4/c1-3-30-25(29)16-19-15-20(31-18(2)28)17-26(19)13-8-14-27-23-11-6-4-9-21(23)22-10-5-7-12-24(22)27/h4-7,9-12,19-20H,3,8,13-17H2,1-2H3/t19-,20+/m1/s1. The lowest BCUT2D eigenvalue weighted by atomic mass is 10.1. The molecule has 0 radical (unpaired) electrons. The molecule has 1 aliphatic heterocycles. The van der Waals surface area contributed by atoms with Crippen molar-refractivity contribution in [1.82, 2.24) is 9.47 Å². The lowest BCUT2D eigenvalue weighted by molar-refractivity contribution is -0.145. The second-order valence-corrected chi connectivity index (χ2v) is 8.16. The van der Waals surface area contributed by atoms with Crippen LogP contribution in [0.25, 0.3) is 21.8 Å². The van der Waals surface area contributed by atoms with Crippen LogP contribution in [0.15, 0.2) is 48.5 Å². The number of aryl methyl sites for hydroxylation is 1. The smallest absolute Gasteiger partial charge is 0.307 e. The van der Waals surface area contributed by atoms with Gasteiger partial charge in [0.2, 0.25) is 0 Å². The molecule has 0 bridgehead atoms. The van der Waals surface area contributed by atoms with Gasteiger partial charge in [-0.05, 0) is 25.5 Å². The van der Waals surface area contributed by atoms with E-state index < -0.39 is 0 Å². The van der Waals surface area contributed by atoms with Crippen LogP contribution in [-0.2, 0) is 25.6 Å². The van der Waals surface area contributed by atoms with Crippen LogP contribution in [0, 0.1) is 0 Å². The predicted octanol–water partition coefficient (Wildman–Crippen LogP) is 4.14. The number of likely N-dealkylation sites (tertiary alicyclic amines) is 1. The van der Waals surface area contributed by atoms with Crippen molar-refractivity contribution in [3.63, 3.8) is 0 Å². The predicted molar refractivity (Wildman–Crippen MR) is 121 cm³/mol. The van der Waals surface area contributed by atoms with Gasteiger partial charge in [0.15, 0.2) is 0 Å². The first-order chi connectivity index (χ1) is 15.1. The highest BCUT2D eigenvalue weighted by atomic mass is 16.5. The first-order valence-corrected chi connectivity index (χ1v) is 11.1. The summed E-state index contributed by atoms with van der Waals surface area (Å²) in [5.41, 5.74) is 2.48. The number of esters is 2. The molecule has 0 spiro atoms. The Morgan fingerprint density at radius 2 is 1.65 bits per heavy atom. The lowest BCUT2D eigenvalue weighted by Gasteiger charge is -2.23. The Morgan fingerprint density at radius 3 is 2.26 bits per heavy atom. The minimum Gasteiger partial charge on any atom is -0.466 e. The molecule has 31 heavy (non-hydrogen) atoms. The number of benzene rings is 2. The van der Waals surface area contributed by atoms with E-state index in [0.29, 0.717) is 26.0 Å². The van der Waals surface area contributed by atoms with Gasteiger partial charge < -0.3 is 14.0 Å². The van der Waals surface area contributed by atoms with Gasteiger partial charge in [-0.2, -0.15) is 0 Å². The van der Waals surface area contributed by atoms with E-state index in [9.17, 15) is 9.59 Å². The third-order valence-electron chi connectivity index (χ3n) is 6.04. The molecule has 3 aromatic rings. The van der Waals surface area contributed by atoms with Crippen molar-refractivity contribution >= 4 is 33.7 Å². The van der Waals surface area contributed by atoms with Crippen LogP contribution in [0.3, 0.4) is 0 Å². The second kappa shape index (κ2) is 9.52. The van der Waals surface area contributed by atoms with Crippen LogP contribution in [-0.4, -0.2) is 53.2 Å². The highest BCUT2D eigenvalue weighted by Gasteiger charge is 2.35. The Hall–Kier alpha value is -2.86. The van der Waals surface area contributed by atoms with E-state index in [2.05, 4.69) is 58.0 Å². The summed E-state index contributed by atoms with van der Waals surface area (Å²) in [6.45, 7) is 6.02. The number of hydrogen-bond donors (Lipinski definition) is 0. The Bertz CT molecular complexity index is 1020. The highest BCUT2D eigenvalue weighted by molar-refractivity contribution is 6.07. The molecule has 0 saturated carbocycles. The molecule has 1 aromatic heterocycles. The fraction of sp³-hybridized carbons (Fsp3) is 0.440. The summed E-state index contributed by atoms with van der Waals surface area (Å²) in [4.78, 5) is 25.8. The van der Waals surface area contributed by atoms with Gasteiger partial charge in [0.25, 0.3) is 0 Å². The van der Waals surface area contributed by atoms with Gasteiger partial charge in [-0.3, -0.25) is 14.5 Å². The Labute approximate surface area is 182 Å². The number of rotatable bonds is 8. The average Bonchev–Trinajstić information content (AvgIpc) is 3.26. The van der Waals surface area contributed by atoms with Crippen LogP contribution in [0.5, 0.6) is 0 Å². The van der Waals surface area contributed by atoms with Gasteiger partial charge in [-0.25, -0.2) is 0 Å². The summed E-state index contributed by atoms with van der Waals surface area (Å²) in [6.07, 6.45) is 1.79. The summed E-state index contributed by atoms with van der Waals surface area (Å²) in [7, 11) is 0. The molecule has 1 fully saturated rings. The summed E-state index contributed by atoms with van der Waals surface area (Å²) in [6, 6.07) is 17.1. The first-order valence-electron chi connectivity index (χ1n) is 11.1. The molecule has 0 amide bonds. The Balaban J connectivity index is 1.47. The van der Waals surface area contributed by atoms with E-state index in [1.807, 2.05) is 6.92 Å². The van der Waals surface area contributed by atoms with Gasteiger partial charge in [0, 0.05) is 60.8 Å². The average molecular weight is 423 g/mol. The molecule has 0 N–H and O–H groups in total. The molecule has 1 saturated heterocycles. The number of carbonyl (C=O) groups excluding carboxylic acids is 2. The molecular weight excluding hydrogens is 392 g/mol. The number of nitrogens with zero attached hydrogens (tertiary/aromatic N) is 2. The SMILES string of the molecule is CCOC(=O)C[C@H]1C[C@H](OC(C)=O)CN1CCCn1c2ccccc2c2ccccc21. The topological polar surface area (TPSA) is 60.8 Å². The van der Waals surface area contributed by atoms with Gasteiger partial charge >= 0.3 is 11.9 Å². The van der Waals surface area contributed by atoms with E-state index in [1.54, 1.807) is 0 Å². The van der Waals surface area contributed by atoms with Gasteiger partial charge in [0.05, 0.1) is 13.0 Å². The van der Waals surface area contributed by atoms with Crippen molar-refractivity contribution in [3.05, 3.63) is 48.5 Å². The van der Waals surface area contributed by atoms with Gasteiger partial charge in [-0.15, -0.1) is 0 Å². The molecule has 0 aliphatic carbocycles. The number of hydrogen-bond acceptors (Lipinski definition) is 5. The van der Waals surface area contributed by atoms with Gasteiger partial charge in [0.1, 0.15) is 6.10 Å². The van der Waals surface area contributed by atoms with Crippen molar-refractivity contribution in [2.45, 2.75) is 51.8 Å². The van der Waals surface area contributed by atoms with Crippen molar-refractivity contribution in [2.75, 3.05) is 19.7 Å². The number of ether oxygens (including phenoxy) is 2. The van der Waals surface area contributed by atoms with Crippen molar-refractivity contribution in [2.24, 2.45) is 0 Å². The third-order valence-corrected chi connectivity index (χ3v) is 6.04. The second-order valence-electron chi connectivity index (χ2n) is 8.16. The van der Waals surface area contributed by atoms with Crippen molar-refractivity contribution < 1.29 is 19.1 Å². The molecule has 164 valence electrons. The number of fused-ring (bicyclic) bond motifs is 3. The van der Waals surface area contributed by atoms with E-state index in [0.717, 1.165) is 19.5 Å². The Morgan fingerprint density at radius 1 is 1.00 bits per heavy atom. The summed E-state index contributed by atoms with van der Waals surface area (Å²) in [5, 5.41) is 2.55. The summed E-state index contributed by atoms with van der Waals surface area (Å²) < 4.78 is 13.0. The molecule has 6 heteroatoms. The summed E-state index contributed by atoms with van der Waals surface area (Å²) >= 11 is 0. The fourth-order valence-electron chi connectivity index (χ4n) is 4.83. The van der Waals surface area contributed by atoms with E-state index in [4.69, 9.17) is 9.47 Å². The fourth-order valence-corrected chi connectivity index (χ4v) is 4.83. The van der Waals surface area contributed by atoms with Crippen LogP contribution >= 0.6 is 0 Å². The summed E-state index contributed by atoms with van der Waals surface area (Å²) in [5.74, 6) is -0.463. The van der Waals surface area contributed by atoms with E-state index in [-0.39, 0.29) is 24.1 Å². The van der Waals surface area contributed by atoms with E-state index >= 15 is 0 Å². The molecule has 1 aliphatic rings. The normalized spacial score (nSPS) is 19.2. The molecule has 2 heterocycles. The molecule has 4 rings (SSSR count). The zero-order valence-electron chi connectivity index (χ0n) is 18.3. The van der Waals surface area contributed by atoms with Gasteiger partial charge in [-0.1, -0.05) is 36.4 Å². The molecule has 6 nitrogen and oxygen atoms in total. The van der Waals surface area contributed by atoms with Crippen LogP contribution in [0.1, 0.15) is 33.1 Å².